The van der Waals surface area contributed by atoms with Gasteiger partial charge in [-0.15, -0.1) is 0 Å². The molecule has 16 heavy (non-hydrogen) atoms. The molecule has 1 aromatic carbocycles. The maximum Gasteiger partial charge on any atom is 0.126 e. The molecule has 0 saturated heterocycles. The molecule has 1 aliphatic rings. The molecule has 2 nitrogen and oxygen atoms in total. The standard InChI is InChI=1S/C14H20O2/c1-10-6-7-11-9-14(2,3)16-13(11)12(10)5-4-8-15/h6-7,15H,4-5,8-9H2,1-3H3. The normalized spacial score (nSPS) is 17.0. The lowest BCUT2D eigenvalue weighted by Gasteiger charge is -2.18. The molecular formula is C14H20O2. The van der Waals surface area contributed by atoms with E-state index in [-0.39, 0.29) is 12.2 Å². The van der Waals surface area contributed by atoms with Gasteiger partial charge in [0, 0.05) is 13.0 Å². The lowest BCUT2D eigenvalue weighted by atomic mass is 9.96. The molecule has 1 N–H and O–H groups in total. The highest BCUT2D eigenvalue weighted by molar-refractivity contribution is 5.49. The summed E-state index contributed by atoms with van der Waals surface area (Å²) in [4.78, 5) is 0. The van der Waals surface area contributed by atoms with Crippen molar-refractivity contribution in [2.24, 2.45) is 0 Å². The smallest absolute Gasteiger partial charge is 0.126 e. The number of aliphatic hydroxyl groups is 1. The summed E-state index contributed by atoms with van der Waals surface area (Å²) in [7, 11) is 0. The first-order chi connectivity index (χ1) is 7.53. The van der Waals surface area contributed by atoms with Gasteiger partial charge in [-0.05, 0) is 50.3 Å². The highest BCUT2D eigenvalue weighted by atomic mass is 16.5. The third kappa shape index (κ3) is 2.07. The van der Waals surface area contributed by atoms with Crippen LogP contribution >= 0.6 is 0 Å². The second-order valence-corrected chi connectivity index (χ2v) is 5.21. The van der Waals surface area contributed by atoms with Crippen molar-refractivity contribution >= 4 is 0 Å². The van der Waals surface area contributed by atoms with Gasteiger partial charge in [0.05, 0.1) is 0 Å². The van der Waals surface area contributed by atoms with Crippen LogP contribution in [0.1, 0.15) is 37.0 Å². The van der Waals surface area contributed by atoms with Crippen molar-refractivity contribution in [3.8, 4) is 5.75 Å². The third-order valence-electron chi connectivity index (χ3n) is 3.16. The molecule has 1 aliphatic heterocycles. The third-order valence-corrected chi connectivity index (χ3v) is 3.16. The van der Waals surface area contributed by atoms with Crippen LogP contribution in [0.15, 0.2) is 12.1 Å². The van der Waals surface area contributed by atoms with Gasteiger partial charge in [-0.1, -0.05) is 12.1 Å². The van der Waals surface area contributed by atoms with Crippen LogP contribution in [-0.2, 0) is 12.8 Å². The van der Waals surface area contributed by atoms with E-state index in [0.29, 0.717) is 0 Å². The number of fused-ring (bicyclic) bond motifs is 1. The quantitative estimate of drug-likeness (QED) is 0.848. The molecule has 0 amide bonds. The molecule has 0 radical (unpaired) electrons. The maximum absolute atomic E-state index is 8.93. The number of ether oxygens (including phenoxy) is 1. The summed E-state index contributed by atoms with van der Waals surface area (Å²) in [6, 6.07) is 4.33. The molecule has 2 rings (SSSR count). The van der Waals surface area contributed by atoms with Crippen molar-refractivity contribution in [3.63, 3.8) is 0 Å². The predicted octanol–water partition coefficient (Wildman–Crippen LogP) is 2.63. The Balaban J connectivity index is 2.35. The highest BCUT2D eigenvalue weighted by Gasteiger charge is 2.31. The number of aliphatic hydroxyl groups excluding tert-OH is 1. The number of hydrogen-bond donors (Lipinski definition) is 1. The molecule has 0 unspecified atom stereocenters. The lowest BCUT2D eigenvalue weighted by molar-refractivity contribution is 0.137. The molecule has 1 heterocycles. The summed E-state index contributed by atoms with van der Waals surface area (Å²) in [6.07, 6.45) is 2.69. The Morgan fingerprint density at radius 2 is 2.12 bits per heavy atom. The zero-order valence-electron chi connectivity index (χ0n) is 10.3. The van der Waals surface area contributed by atoms with Crippen molar-refractivity contribution in [3.05, 3.63) is 28.8 Å². The van der Waals surface area contributed by atoms with Crippen LogP contribution in [-0.4, -0.2) is 17.3 Å². The largest absolute Gasteiger partial charge is 0.487 e. The maximum atomic E-state index is 8.93. The summed E-state index contributed by atoms with van der Waals surface area (Å²) in [5, 5.41) is 8.93. The second-order valence-electron chi connectivity index (χ2n) is 5.21. The van der Waals surface area contributed by atoms with E-state index in [1.165, 1.54) is 16.7 Å². The topological polar surface area (TPSA) is 29.5 Å². The van der Waals surface area contributed by atoms with Crippen molar-refractivity contribution in [1.29, 1.82) is 0 Å². The van der Waals surface area contributed by atoms with Gasteiger partial charge in [0.1, 0.15) is 11.4 Å². The molecule has 0 spiro atoms. The average molecular weight is 220 g/mol. The molecule has 1 aromatic rings. The fraction of sp³-hybridized carbons (Fsp3) is 0.571. The number of hydrogen-bond acceptors (Lipinski definition) is 2. The van der Waals surface area contributed by atoms with E-state index in [2.05, 4.69) is 32.9 Å². The minimum absolute atomic E-state index is 0.0793. The van der Waals surface area contributed by atoms with Crippen LogP contribution in [0.5, 0.6) is 5.75 Å². The molecule has 0 bridgehead atoms. The van der Waals surface area contributed by atoms with Gasteiger partial charge in [-0.2, -0.15) is 0 Å². The Hall–Kier alpha value is -1.02. The van der Waals surface area contributed by atoms with E-state index in [9.17, 15) is 0 Å². The Kier molecular flexibility index (Phi) is 2.94. The molecule has 2 heteroatoms. The van der Waals surface area contributed by atoms with Gasteiger partial charge in [-0.3, -0.25) is 0 Å². The van der Waals surface area contributed by atoms with Gasteiger partial charge in [-0.25, -0.2) is 0 Å². The van der Waals surface area contributed by atoms with Gasteiger partial charge in [0.25, 0.3) is 0 Å². The van der Waals surface area contributed by atoms with Crippen LogP contribution < -0.4 is 4.74 Å². The van der Waals surface area contributed by atoms with Crippen LogP contribution in [0.2, 0.25) is 0 Å². The van der Waals surface area contributed by atoms with Crippen LogP contribution in [0.3, 0.4) is 0 Å². The fourth-order valence-electron chi connectivity index (χ4n) is 2.38. The van der Waals surface area contributed by atoms with E-state index < -0.39 is 0 Å². The summed E-state index contributed by atoms with van der Waals surface area (Å²) >= 11 is 0. The van der Waals surface area contributed by atoms with Gasteiger partial charge >= 0.3 is 0 Å². The first kappa shape index (κ1) is 11.5. The monoisotopic (exact) mass is 220 g/mol. The van der Waals surface area contributed by atoms with Crippen LogP contribution in [0.4, 0.5) is 0 Å². The van der Waals surface area contributed by atoms with Gasteiger partial charge in [0.2, 0.25) is 0 Å². The summed E-state index contributed by atoms with van der Waals surface area (Å²) in [5.41, 5.74) is 3.77. The molecule has 0 fully saturated rings. The van der Waals surface area contributed by atoms with E-state index >= 15 is 0 Å². The number of aryl methyl sites for hydroxylation is 1. The minimum Gasteiger partial charge on any atom is -0.487 e. The van der Waals surface area contributed by atoms with E-state index in [1.807, 2.05) is 0 Å². The highest BCUT2D eigenvalue weighted by Crippen LogP contribution is 2.39. The lowest BCUT2D eigenvalue weighted by Crippen LogP contribution is -2.24. The van der Waals surface area contributed by atoms with E-state index in [0.717, 1.165) is 25.0 Å². The van der Waals surface area contributed by atoms with Crippen molar-refractivity contribution in [2.75, 3.05) is 6.61 Å². The average Bonchev–Trinajstić information content (AvgIpc) is 2.51. The van der Waals surface area contributed by atoms with Gasteiger partial charge in [0.15, 0.2) is 0 Å². The summed E-state index contributed by atoms with van der Waals surface area (Å²) in [6.45, 7) is 6.60. The Morgan fingerprint density at radius 3 is 2.81 bits per heavy atom. The fourth-order valence-corrected chi connectivity index (χ4v) is 2.38. The van der Waals surface area contributed by atoms with Gasteiger partial charge < -0.3 is 9.84 Å². The Morgan fingerprint density at radius 1 is 1.38 bits per heavy atom. The first-order valence-electron chi connectivity index (χ1n) is 5.95. The Labute approximate surface area is 97.3 Å². The van der Waals surface area contributed by atoms with Crippen molar-refractivity contribution in [1.82, 2.24) is 0 Å². The van der Waals surface area contributed by atoms with E-state index in [1.54, 1.807) is 0 Å². The second kappa shape index (κ2) is 4.10. The first-order valence-corrected chi connectivity index (χ1v) is 5.95. The predicted molar refractivity (Wildman–Crippen MR) is 65.0 cm³/mol. The Bertz CT molecular complexity index is 394. The zero-order chi connectivity index (χ0) is 11.8. The molecule has 0 atom stereocenters. The van der Waals surface area contributed by atoms with Crippen LogP contribution in [0, 0.1) is 6.92 Å². The minimum atomic E-state index is -0.0793. The van der Waals surface area contributed by atoms with E-state index in [4.69, 9.17) is 9.84 Å². The zero-order valence-corrected chi connectivity index (χ0v) is 10.3. The number of rotatable bonds is 3. The number of benzene rings is 1. The molecule has 0 aliphatic carbocycles. The van der Waals surface area contributed by atoms with Crippen molar-refractivity contribution < 1.29 is 9.84 Å². The van der Waals surface area contributed by atoms with Crippen LogP contribution in [0.25, 0.3) is 0 Å². The van der Waals surface area contributed by atoms with Crippen molar-refractivity contribution in [2.45, 2.75) is 45.6 Å². The molecule has 0 saturated carbocycles. The molecular weight excluding hydrogens is 200 g/mol. The SMILES string of the molecule is Cc1ccc2c(c1CCCO)OC(C)(C)C2. The summed E-state index contributed by atoms with van der Waals surface area (Å²) in [5.74, 6) is 1.07. The molecule has 88 valence electrons. The summed E-state index contributed by atoms with van der Waals surface area (Å²) < 4.78 is 6.02. The molecule has 0 aromatic heterocycles.